The molecule has 1 N–H and O–H groups in total. The number of benzene rings is 2. The largest absolute Gasteiger partial charge is 0.394 e. The van der Waals surface area contributed by atoms with Gasteiger partial charge in [-0.05, 0) is 18.2 Å². The fraction of sp³-hybridized carbons (Fsp3) is 0.136. The Labute approximate surface area is 162 Å². The molecule has 140 valence electrons. The van der Waals surface area contributed by atoms with Crippen molar-refractivity contribution in [3.8, 4) is 0 Å². The monoisotopic (exact) mass is 373 g/mol. The van der Waals surface area contributed by atoms with Crippen LogP contribution in [-0.4, -0.2) is 40.7 Å². The molecule has 0 spiro atoms. The molecular formula is C22H19N3O3. The Balaban J connectivity index is 1.61. The van der Waals surface area contributed by atoms with Gasteiger partial charge in [0.05, 0.1) is 11.1 Å². The van der Waals surface area contributed by atoms with Gasteiger partial charge in [0.15, 0.2) is 5.78 Å². The maximum absolute atomic E-state index is 12.5. The van der Waals surface area contributed by atoms with E-state index in [0.717, 1.165) is 10.9 Å². The third-order valence-electron chi connectivity index (χ3n) is 4.90. The first-order valence-electron chi connectivity index (χ1n) is 9.03. The van der Waals surface area contributed by atoms with Gasteiger partial charge in [0.2, 0.25) is 0 Å². The molecule has 6 nitrogen and oxygen atoms in total. The molecular weight excluding hydrogens is 354 g/mol. The summed E-state index contributed by atoms with van der Waals surface area (Å²) in [4.78, 5) is 38.8. The van der Waals surface area contributed by atoms with Gasteiger partial charge >= 0.3 is 0 Å². The topological polar surface area (TPSA) is 71.4 Å². The minimum absolute atomic E-state index is 0.106. The van der Waals surface area contributed by atoms with Crippen LogP contribution in [0.15, 0.2) is 67.0 Å². The van der Waals surface area contributed by atoms with E-state index in [-0.39, 0.29) is 24.1 Å². The number of imide groups is 1. The Morgan fingerprint density at radius 3 is 2.29 bits per heavy atom. The third kappa shape index (κ3) is 2.89. The number of nitrogens with one attached hydrogen (secondary N) is 1. The predicted octanol–water partition coefficient (Wildman–Crippen LogP) is 2.85. The van der Waals surface area contributed by atoms with Crippen LogP contribution in [0.25, 0.3) is 10.9 Å². The summed E-state index contributed by atoms with van der Waals surface area (Å²) in [5.74, 6) is -0.652. The fourth-order valence-corrected chi connectivity index (χ4v) is 3.53. The summed E-state index contributed by atoms with van der Waals surface area (Å²) >= 11 is 0. The normalized spacial score (nSPS) is 13.5. The highest BCUT2D eigenvalue weighted by atomic mass is 16.2. The maximum Gasteiger partial charge on any atom is 0.261 e. The molecule has 0 atom stereocenters. The Morgan fingerprint density at radius 1 is 0.964 bits per heavy atom. The van der Waals surface area contributed by atoms with Crippen LogP contribution < -0.4 is 5.32 Å². The summed E-state index contributed by atoms with van der Waals surface area (Å²) < 4.78 is 1.92. The lowest BCUT2D eigenvalue weighted by Crippen LogP contribution is -2.32. The van der Waals surface area contributed by atoms with Gasteiger partial charge < -0.3 is 9.88 Å². The summed E-state index contributed by atoms with van der Waals surface area (Å²) in [6, 6.07) is 14.5. The molecule has 0 bridgehead atoms. The molecule has 0 aliphatic carbocycles. The van der Waals surface area contributed by atoms with E-state index < -0.39 is 0 Å². The Kier molecular flexibility index (Phi) is 4.53. The van der Waals surface area contributed by atoms with E-state index in [2.05, 4.69) is 5.32 Å². The first-order chi connectivity index (χ1) is 13.6. The molecule has 0 saturated carbocycles. The number of aromatic nitrogens is 1. The highest BCUT2D eigenvalue weighted by Gasteiger charge is 2.34. The lowest BCUT2D eigenvalue weighted by atomic mass is 10.1. The third-order valence-corrected chi connectivity index (χ3v) is 4.90. The molecule has 4 rings (SSSR count). The number of allylic oxidation sites excluding steroid dienone is 1. The molecule has 0 unspecified atom stereocenters. The number of carbonyl (C=O) groups excluding carboxylic acids is 3. The minimum Gasteiger partial charge on any atom is -0.394 e. The first-order valence-corrected chi connectivity index (χ1v) is 9.03. The maximum atomic E-state index is 12.5. The number of ketones is 1. The van der Waals surface area contributed by atoms with E-state index in [1.165, 1.54) is 11.0 Å². The van der Waals surface area contributed by atoms with Crippen molar-refractivity contribution in [2.45, 2.75) is 6.54 Å². The quantitative estimate of drug-likeness (QED) is 0.410. The van der Waals surface area contributed by atoms with Gasteiger partial charge in [-0.1, -0.05) is 30.3 Å². The summed E-state index contributed by atoms with van der Waals surface area (Å²) in [6.07, 6.45) is 4.86. The number of nitrogens with zero attached hydrogens (tertiary/aromatic N) is 2. The summed E-state index contributed by atoms with van der Waals surface area (Å²) in [5.41, 5.74) is 2.36. The van der Waals surface area contributed by atoms with Gasteiger partial charge in [0, 0.05) is 55.1 Å². The number of hydrogen-bond acceptors (Lipinski definition) is 4. The molecule has 2 amide bonds. The van der Waals surface area contributed by atoms with Crippen LogP contribution in [0, 0.1) is 0 Å². The Morgan fingerprint density at radius 2 is 1.61 bits per heavy atom. The lowest BCUT2D eigenvalue weighted by Gasteiger charge is -2.14. The van der Waals surface area contributed by atoms with E-state index >= 15 is 0 Å². The van der Waals surface area contributed by atoms with Gasteiger partial charge in [-0.15, -0.1) is 0 Å². The average molecular weight is 373 g/mol. The number of amides is 2. The smallest absolute Gasteiger partial charge is 0.261 e. The molecule has 1 aliphatic rings. The first kappa shape index (κ1) is 17.7. The van der Waals surface area contributed by atoms with E-state index in [4.69, 9.17) is 0 Å². The average Bonchev–Trinajstić information content (AvgIpc) is 3.21. The summed E-state index contributed by atoms with van der Waals surface area (Å²) in [6.45, 7) is 0.653. The van der Waals surface area contributed by atoms with Crippen LogP contribution in [0.2, 0.25) is 0 Å². The van der Waals surface area contributed by atoms with E-state index in [1.807, 2.05) is 28.8 Å². The van der Waals surface area contributed by atoms with Crippen molar-refractivity contribution in [1.29, 1.82) is 0 Å². The second-order valence-electron chi connectivity index (χ2n) is 6.55. The number of rotatable bonds is 6. The van der Waals surface area contributed by atoms with E-state index in [0.29, 0.717) is 23.2 Å². The fourth-order valence-electron chi connectivity index (χ4n) is 3.53. The number of hydrogen-bond donors (Lipinski definition) is 1. The van der Waals surface area contributed by atoms with Crippen molar-refractivity contribution < 1.29 is 14.4 Å². The standard InChI is InChI=1S/C22H19N3O3/c1-23-11-10-20(26)18-14-24(19-9-5-4-6-15(18)19)12-13-25-21(27)16-7-2-3-8-17(16)22(25)28/h2-11,14,23H,12-13H2,1H3. The molecule has 28 heavy (non-hydrogen) atoms. The Bertz CT molecular complexity index is 1090. The summed E-state index contributed by atoms with van der Waals surface area (Å²) in [5, 5.41) is 3.66. The van der Waals surface area contributed by atoms with E-state index in [1.54, 1.807) is 43.7 Å². The second-order valence-corrected chi connectivity index (χ2v) is 6.55. The minimum atomic E-state index is -0.273. The SMILES string of the molecule is CNC=CC(=O)c1cn(CCN2C(=O)c3ccccc3C2=O)c2ccccc12. The van der Waals surface area contributed by atoms with Crippen molar-refractivity contribution in [1.82, 2.24) is 14.8 Å². The van der Waals surface area contributed by atoms with Gasteiger partial charge in [0.25, 0.3) is 11.8 Å². The molecule has 1 aliphatic heterocycles. The highest BCUT2D eigenvalue weighted by Crippen LogP contribution is 2.25. The second kappa shape index (κ2) is 7.15. The molecule has 3 aromatic rings. The van der Waals surface area contributed by atoms with Crippen LogP contribution in [0.4, 0.5) is 0 Å². The van der Waals surface area contributed by atoms with Crippen LogP contribution in [-0.2, 0) is 6.54 Å². The highest BCUT2D eigenvalue weighted by molar-refractivity contribution is 6.21. The zero-order valence-electron chi connectivity index (χ0n) is 15.4. The molecule has 0 fully saturated rings. The van der Waals surface area contributed by atoms with Crippen LogP contribution in [0.5, 0.6) is 0 Å². The zero-order valence-corrected chi connectivity index (χ0v) is 15.4. The van der Waals surface area contributed by atoms with Crippen LogP contribution >= 0.6 is 0 Å². The number of fused-ring (bicyclic) bond motifs is 2. The molecule has 1 aromatic heterocycles. The zero-order chi connectivity index (χ0) is 19.7. The van der Waals surface area contributed by atoms with Crippen molar-refractivity contribution in [3.63, 3.8) is 0 Å². The van der Waals surface area contributed by atoms with E-state index in [9.17, 15) is 14.4 Å². The number of para-hydroxylation sites is 1. The van der Waals surface area contributed by atoms with Gasteiger partial charge in [-0.3, -0.25) is 19.3 Å². The van der Waals surface area contributed by atoms with Crippen LogP contribution in [0.1, 0.15) is 31.1 Å². The van der Waals surface area contributed by atoms with Gasteiger partial charge in [-0.25, -0.2) is 0 Å². The van der Waals surface area contributed by atoms with Crippen molar-refractivity contribution in [2.75, 3.05) is 13.6 Å². The van der Waals surface area contributed by atoms with Crippen LogP contribution in [0.3, 0.4) is 0 Å². The van der Waals surface area contributed by atoms with Crippen molar-refractivity contribution in [3.05, 3.63) is 83.7 Å². The van der Waals surface area contributed by atoms with Gasteiger partial charge in [0.1, 0.15) is 0 Å². The molecule has 2 heterocycles. The predicted molar refractivity (Wildman–Crippen MR) is 106 cm³/mol. The molecule has 0 radical (unpaired) electrons. The van der Waals surface area contributed by atoms with Gasteiger partial charge in [-0.2, -0.15) is 0 Å². The summed E-state index contributed by atoms with van der Waals surface area (Å²) in [7, 11) is 1.73. The number of carbonyl (C=O) groups is 3. The molecule has 6 heteroatoms. The Hall–Kier alpha value is -3.67. The van der Waals surface area contributed by atoms with Crippen molar-refractivity contribution >= 4 is 28.5 Å². The molecule has 2 aromatic carbocycles. The molecule has 0 saturated heterocycles. The lowest BCUT2D eigenvalue weighted by molar-refractivity contribution is 0.0649. The van der Waals surface area contributed by atoms with Crippen molar-refractivity contribution in [2.24, 2.45) is 0 Å².